The van der Waals surface area contributed by atoms with Crippen LogP contribution in [0.5, 0.6) is 0 Å². The van der Waals surface area contributed by atoms with Crippen molar-refractivity contribution >= 4 is 11.5 Å². The van der Waals surface area contributed by atoms with Crippen LogP contribution in [0.2, 0.25) is 0 Å². The van der Waals surface area contributed by atoms with Gasteiger partial charge in [-0.15, -0.1) is 15.3 Å². The Balaban J connectivity index is 1.93. The van der Waals surface area contributed by atoms with Gasteiger partial charge in [0, 0.05) is 0 Å². The van der Waals surface area contributed by atoms with E-state index < -0.39 is 0 Å². The summed E-state index contributed by atoms with van der Waals surface area (Å²) < 4.78 is 9.46. The lowest BCUT2D eigenvalue weighted by molar-refractivity contribution is 0.456. The second kappa shape index (κ2) is 5.25. The molecule has 1 aromatic carbocycles. The predicted octanol–water partition coefficient (Wildman–Crippen LogP) is 1.90. The molecule has 2 aromatic heterocycles. The first-order valence-electron chi connectivity index (χ1n) is 5.72. The van der Waals surface area contributed by atoms with Crippen LogP contribution in [0.15, 0.2) is 40.9 Å². The van der Waals surface area contributed by atoms with Gasteiger partial charge in [0.15, 0.2) is 0 Å². The lowest BCUT2D eigenvalue weighted by atomic mass is 10.1. The Morgan fingerprint density at radius 1 is 1.21 bits per heavy atom. The van der Waals surface area contributed by atoms with Crippen molar-refractivity contribution in [2.24, 2.45) is 0 Å². The summed E-state index contributed by atoms with van der Waals surface area (Å²) in [5.41, 5.74) is 1.07. The minimum Gasteiger partial charge on any atom is -0.418 e. The van der Waals surface area contributed by atoms with Gasteiger partial charge in [-0.3, -0.25) is 0 Å². The Morgan fingerprint density at radius 2 is 2.05 bits per heavy atom. The molecule has 0 aliphatic carbocycles. The minimum absolute atomic E-state index is 0.122. The van der Waals surface area contributed by atoms with Crippen LogP contribution in [0.3, 0.4) is 0 Å². The van der Waals surface area contributed by atoms with Crippen molar-refractivity contribution in [2.45, 2.75) is 6.04 Å². The number of rotatable bonds is 4. The third kappa shape index (κ3) is 2.38. The third-order valence-electron chi connectivity index (χ3n) is 2.68. The summed E-state index contributed by atoms with van der Waals surface area (Å²) in [6, 6.07) is 9.83. The van der Waals surface area contributed by atoms with Crippen molar-refractivity contribution in [3.8, 4) is 10.8 Å². The zero-order valence-electron chi connectivity index (χ0n) is 10.1. The van der Waals surface area contributed by atoms with Gasteiger partial charge < -0.3 is 9.73 Å². The third-order valence-corrected chi connectivity index (χ3v) is 3.33. The zero-order valence-corrected chi connectivity index (χ0v) is 11.0. The van der Waals surface area contributed by atoms with Gasteiger partial charge in [-0.25, -0.2) is 0 Å². The maximum atomic E-state index is 5.68. The Hall–Kier alpha value is -2.12. The molecule has 0 amide bonds. The van der Waals surface area contributed by atoms with Crippen molar-refractivity contribution in [2.75, 3.05) is 7.05 Å². The summed E-state index contributed by atoms with van der Waals surface area (Å²) in [5.74, 6) is 0.971. The van der Waals surface area contributed by atoms with E-state index in [-0.39, 0.29) is 6.04 Å². The molecule has 7 heteroatoms. The lowest BCUT2D eigenvalue weighted by Gasteiger charge is -2.11. The van der Waals surface area contributed by atoms with Crippen LogP contribution >= 0.6 is 11.5 Å². The quantitative estimate of drug-likeness (QED) is 0.782. The number of benzene rings is 1. The molecule has 0 aliphatic heterocycles. The topological polar surface area (TPSA) is 76.7 Å². The first kappa shape index (κ1) is 11.9. The van der Waals surface area contributed by atoms with Gasteiger partial charge in [0.1, 0.15) is 10.9 Å². The first-order valence-corrected chi connectivity index (χ1v) is 6.49. The molecular weight excluding hydrogens is 262 g/mol. The molecule has 0 radical (unpaired) electrons. The molecule has 3 aromatic rings. The molecule has 0 aliphatic rings. The summed E-state index contributed by atoms with van der Waals surface area (Å²) in [5, 5.41) is 15.0. The summed E-state index contributed by atoms with van der Waals surface area (Å²) in [7, 11) is 1.86. The molecular formula is C12H11N5OS. The van der Waals surface area contributed by atoms with Crippen LogP contribution in [0.4, 0.5) is 0 Å². The molecule has 2 heterocycles. The standard InChI is InChI=1S/C12H11N5OS/c1-13-10(8-5-3-2-4-6-8)12-16-15-11(18-12)9-7-14-17-19-9/h2-7,10,13H,1H3. The normalized spacial score (nSPS) is 12.5. The van der Waals surface area contributed by atoms with Gasteiger partial charge in [-0.05, 0) is 24.1 Å². The van der Waals surface area contributed by atoms with Crippen molar-refractivity contribution in [1.82, 2.24) is 25.1 Å². The van der Waals surface area contributed by atoms with Crippen LogP contribution < -0.4 is 5.32 Å². The van der Waals surface area contributed by atoms with E-state index in [1.54, 1.807) is 6.20 Å². The smallest absolute Gasteiger partial charge is 0.261 e. The Morgan fingerprint density at radius 3 is 2.74 bits per heavy atom. The molecule has 1 unspecified atom stereocenters. The molecule has 0 fully saturated rings. The van der Waals surface area contributed by atoms with Crippen LogP contribution in [0.1, 0.15) is 17.5 Å². The van der Waals surface area contributed by atoms with E-state index in [0.29, 0.717) is 11.8 Å². The molecule has 3 rings (SSSR count). The van der Waals surface area contributed by atoms with Gasteiger partial charge in [0.05, 0.1) is 6.20 Å². The fourth-order valence-corrected chi connectivity index (χ4v) is 2.23. The average Bonchev–Trinajstić information content (AvgIpc) is 3.11. The monoisotopic (exact) mass is 273 g/mol. The highest BCUT2D eigenvalue weighted by Gasteiger charge is 2.20. The fraction of sp³-hybridized carbons (Fsp3) is 0.167. The molecule has 96 valence electrons. The molecule has 1 N–H and O–H groups in total. The molecule has 1 atom stereocenters. The molecule has 0 bridgehead atoms. The SMILES string of the molecule is CNC(c1ccccc1)c1nnc(-c2cnns2)o1. The van der Waals surface area contributed by atoms with Crippen molar-refractivity contribution in [3.05, 3.63) is 48.0 Å². The highest BCUT2D eigenvalue weighted by molar-refractivity contribution is 7.09. The zero-order chi connectivity index (χ0) is 13.1. The van der Waals surface area contributed by atoms with Gasteiger partial charge in [-0.2, -0.15) is 0 Å². The minimum atomic E-state index is -0.122. The van der Waals surface area contributed by atoms with E-state index in [1.807, 2.05) is 37.4 Å². The van der Waals surface area contributed by atoms with Crippen LogP contribution in [0, 0.1) is 0 Å². The number of aromatic nitrogens is 4. The van der Waals surface area contributed by atoms with E-state index in [4.69, 9.17) is 4.42 Å². The molecule has 0 spiro atoms. The van der Waals surface area contributed by atoms with E-state index in [1.165, 1.54) is 11.5 Å². The number of hydrogen-bond acceptors (Lipinski definition) is 7. The molecule has 19 heavy (non-hydrogen) atoms. The number of nitrogens with one attached hydrogen (secondary N) is 1. The Bertz CT molecular complexity index is 637. The fourth-order valence-electron chi connectivity index (χ4n) is 1.79. The average molecular weight is 273 g/mol. The van der Waals surface area contributed by atoms with Crippen LogP contribution in [0.25, 0.3) is 10.8 Å². The first-order chi connectivity index (χ1) is 9.38. The van der Waals surface area contributed by atoms with Gasteiger partial charge in [0.2, 0.25) is 5.89 Å². The summed E-state index contributed by atoms with van der Waals surface area (Å²) in [6.45, 7) is 0. The van der Waals surface area contributed by atoms with Gasteiger partial charge in [0.25, 0.3) is 5.89 Å². The second-order valence-electron chi connectivity index (χ2n) is 3.86. The Labute approximate surface area is 113 Å². The summed E-state index contributed by atoms with van der Waals surface area (Å²) >= 11 is 1.23. The maximum Gasteiger partial charge on any atom is 0.261 e. The number of hydrogen-bond donors (Lipinski definition) is 1. The summed E-state index contributed by atoms with van der Waals surface area (Å²) in [6.07, 6.45) is 1.61. The predicted molar refractivity (Wildman–Crippen MR) is 70.5 cm³/mol. The van der Waals surface area contributed by atoms with E-state index >= 15 is 0 Å². The van der Waals surface area contributed by atoms with Crippen LogP contribution in [-0.4, -0.2) is 26.8 Å². The lowest BCUT2D eigenvalue weighted by Crippen LogP contribution is -2.17. The molecule has 0 saturated carbocycles. The summed E-state index contributed by atoms with van der Waals surface area (Å²) in [4.78, 5) is 0.765. The van der Waals surface area contributed by atoms with Crippen molar-refractivity contribution < 1.29 is 4.42 Å². The highest BCUT2D eigenvalue weighted by Crippen LogP contribution is 2.25. The highest BCUT2D eigenvalue weighted by atomic mass is 32.1. The van der Waals surface area contributed by atoms with Gasteiger partial charge in [-0.1, -0.05) is 34.8 Å². The largest absolute Gasteiger partial charge is 0.418 e. The number of nitrogens with zero attached hydrogens (tertiary/aromatic N) is 4. The molecule has 0 saturated heterocycles. The Kier molecular flexibility index (Phi) is 3.30. The van der Waals surface area contributed by atoms with E-state index in [9.17, 15) is 0 Å². The van der Waals surface area contributed by atoms with Crippen molar-refractivity contribution in [1.29, 1.82) is 0 Å². The maximum absolute atomic E-state index is 5.68. The molecule has 6 nitrogen and oxygen atoms in total. The van der Waals surface area contributed by atoms with Crippen LogP contribution in [-0.2, 0) is 0 Å². The van der Waals surface area contributed by atoms with Gasteiger partial charge >= 0.3 is 0 Å². The van der Waals surface area contributed by atoms with E-state index in [0.717, 1.165) is 10.4 Å². The van der Waals surface area contributed by atoms with Crippen molar-refractivity contribution in [3.63, 3.8) is 0 Å². The second-order valence-corrected chi connectivity index (χ2v) is 4.65. The van der Waals surface area contributed by atoms with E-state index in [2.05, 4.69) is 25.1 Å².